The Balaban J connectivity index is 2.81. The smallest absolute Gasteiger partial charge is 0.433 e. The molecule has 0 bridgehead atoms. The summed E-state index contributed by atoms with van der Waals surface area (Å²) in [5.74, 6) is -1.25. The number of methoxy groups -OCH3 is 1. The minimum Gasteiger partial charge on any atom is -0.468 e. The van der Waals surface area contributed by atoms with Crippen molar-refractivity contribution in [1.82, 2.24) is 9.88 Å². The number of alkyl halides is 3. The van der Waals surface area contributed by atoms with Crippen LogP contribution in [-0.4, -0.2) is 42.5 Å². The van der Waals surface area contributed by atoms with E-state index >= 15 is 0 Å². The van der Waals surface area contributed by atoms with Gasteiger partial charge in [-0.3, -0.25) is 14.6 Å². The van der Waals surface area contributed by atoms with Crippen molar-refractivity contribution in [1.29, 1.82) is 0 Å². The summed E-state index contributed by atoms with van der Waals surface area (Å²) >= 11 is 0. The zero-order chi connectivity index (χ0) is 14.6. The zero-order valence-corrected chi connectivity index (χ0v) is 10.2. The van der Waals surface area contributed by atoms with Gasteiger partial charge in [-0.25, -0.2) is 0 Å². The van der Waals surface area contributed by atoms with Crippen molar-refractivity contribution >= 4 is 11.9 Å². The molecular weight excluding hydrogens is 265 g/mol. The van der Waals surface area contributed by atoms with Crippen LogP contribution in [0.25, 0.3) is 0 Å². The molecule has 0 fully saturated rings. The first-order chi connectivity index (χ1) is 8.75. The Kier molecular flexibility index (Phi) is 4.47. The van der Waals surface area contributed by atoms with Crippen LogP contribution in [0, 0.1) is 0 Å². The van der Waals surface area contributed by atoms with Gasteiger partial charge in [0.1, 0.15) is 12.2 Å². The van der Waals surface area contributed by atoms with Gasteiger partial charge in [0, 0.05) is 13.2 Å². The second-order valence-corrected chi connectivity index (χ2v) is 3.67. The summed E-state index contributed by atoms with van der Waals surface area (Å²) in [7, 11) is 2.50. The van der Waals surface area contributed by atoms with Gasteiger partial charge in [0.05, 0.1) is 12.7 Å². The summed E-state index contributed by atoms with van der Waals surface area (Å²) in [4.78, 5) is 26.9. The zero-order valence-electron chi connectivity index (χ0n) is 10.2. The molecule has 1 aromatic heterocycles. The third-order valence-electron chi connectivity index (χ3n) is 2.24. The molecule has 0 unspecified atom stereocenters. The number of aromatic nitrogens is 1. The molecule has 1 amide bonds. The van der Waals surface area contributed by atoms with Gasteiger partial charge in [0.2, 0.25) is 0 Å². The lowest BCUT2D eigenvalue weighted by atomic mass is 10.2. The highest BCUT2D eigenvalue weighted by Gasteiger charge is 2.32. The van der Waals surface area contributed by atoms with E-state index in [1.54, 1.807) is 0 Å². The third-order valence-corrected chi connectivity index (χ3v) is 2.24. The first-order valence-electron chi connectivity index (χ1n) is 5.11. The average molecular weight is 276 g/mol. The molecule has 0 aliphatic rings. The number of likely N-dealkylation sites (N-methyl/N-ethyl adjacent to an activating group) is 1. The maximum Gasteiger partial charge on any atom is 0.433 e. The Morgan fingerprint density at radius 1 is 1.37 bits per heavy atom. The Labute approximate surface area is 107 Å². The molecule has 19 heavy (non-hydrogen) atoms. The van der Waals surface area contributed by atoms with Crippen molar-refractivity contribution in [3.8, 4) is 0 Å². The molecule has 0 N–H and O–H groups in total. The van der Waals surface area contributed by atoms with Gasteiger partial charge in [0.15, 0.2) is 0 Å². The highest BCUT2D eigenvalue weighted by Crippen LogP contribution is 2.27. The second-order valence-electron chi connectivity index (χ2n) is 3.67. The quantitative estimate of drug-likeness (QED) is 0.782. The lowest BCUT2D eigenvalue weighted by molar-refractivity contribution is -0.141. The van der Waals surface area contributed by atoms with Gasteiger partial charge in [-0.05, 0) is 12.1 Å². The fraction of sp³-hybridized carbons (Fsp3) is 0.364. The van der Waals surface area contributed by atoms with Crippen molar-refractivity contribution in [2.45, 2.75) is 6.18 Å². The van der Waals surface area contributed by atoms with Gasteiger partial charge in [-0.15, -0.1) is 0 Å². The number of ether oxygens (including phenoxy) is 1. The van der Waals surface area contributed by atoms with E-state index in [0.29, 0.717) is 6.07 Å². The lowest BCUT2D eigenvalue weighted by Crippen LogP contribution is -2.32. The molecule has 0 atom stereocenters. The molecular formula is C11H11F3N2O3. The molecule has 8 heteroatoms. The molecule has 0 radical (unpaired) electrons. The topological polar surface area (TPSA) is 59.5 Å². The number of esters is 1. The van der Waals surface area contributed by atoms with Crippen LogP contribution in [0.3, 0.4) is 0 Å². The number of rotatable bonds is 3. The minimum absolute atomic E-state index is 0.0422. The summed E-state index contributed by atoms with van der Waals surface area (Å²) in [6.07, 6.45) is -3.74. The van der Waals surface area contributed by atoms with Crippen molar-refractivity contribution < 1.29 is 27.5 Å². The third kappa shape index (κ3) is 3.94. The highest BCUT2D eigenvalue weighted by molar-refractivity contribution is 5.95. The van der Waals surface area contributed by atoms with E-state index in [1.165, 1.54) is 14.2 Å². The lowest BCUT2D eigenvalue weighted by Gasteiger charge is -2.15. The molecule has 0 aliphatic carbocycles. The number of halogens is 3. The summed E-state index contributed by atoms with van der Waals surface area (Å²) in [6.45, 7) is -0.295. The first kappa shape index (κ1) is 14.9. The van der Waals surface area contributed by atoms with E-state index in [1.807, 2.05) is 0 Å². The maximum absolute atomic E-state index is 12.3. The number of hydrogen-bond donors (Lipinski definition) is 0. The van der Waals surface area contributed by atoms with Crippen LogP contribution in [0.1, 0.15) is 16.1 Å². The minimum atomic E-state index is -4.56. The number of carbonyl (C=O) groups is 2. The predicted octanol–water partition coefficient (Wildman–Crippen LogP) is 1.35. The molecule has 0 aromatic carbocycles. The van der Waals surface area contributed by atoms with E-state index in [0.717, 1.165) is 17.2 Å². The molecule has 104 valence electrons. The van der Waals surface area contributed by atoms with Gasteiger partial charge in [-0.1, -0.05) is 0 Å². The number of amides is 1. The predicted molar refractivity (Wildman–Crippen MR) is 58.2 cm³/mol. The van der Waals surface area contributed by atoms with Crippen LogP contribution in [0.2, 0.25) is 0 Å². The normalized spacial score (nSPS) is 11.0. The summed E-state index contributed by atoms with van der Waals surface area (Å²) < 4.78 is 41.2. The fourth-order valence-electron chi connectivity index (χ4n) is 1.24. The second kappa shape index (κ2) is 5.68. The van der Waals surface area contributed by atoms with Crippen LogP contribution in [-0.2, 0) is 15.7 Å². The molecule has 0 spiro atoms. The first-order valence-corrected chi connectivity index (χ1v) is 5.11. The van der Waals surface area contributed by atoms with E-state index in [2.05, 4.69) is 9.72 Å². The average Bonchev–Trinajstić information content (AvgIpc) is 2.36. The molecule has 0 aliphatic heterocycles. The standard InChI is InChI=1S/C11H11F3N2O3/c1-16(6-9(17)19-2)10(18)7-3-4-8(15-5-7)11(12,13)14/h3-5H,6H2,1-2H3. The molecule has 5 nitrogen and oxygen atoms in total. The SMILES string of the molecule is COC(=O)CN(C)C(=O)c1ccc(C(F)(F)F)nc1. The van der Waals surface area contributed by atoms with Crippen molar-refractivity contribution in [2.75, 3.05) is 20.7 Å². The summed E-state index contributed by atoms with van der Waals surface area (Å²) in [5, 5.41) is 0. The van der Waals surface area contributed by atoms with Crippen LogP contribution >= 0.6 is 0 Å². The monoisotopic (exact) mass is 276 g/mol. The van der Waals surface area contributed by atoms with E-state index < -0.39 is 23.7 Å². The molecule has 1 rings (SSSR count). The van der Waals surface area contributed by atoms with Crippen LogP contribution < -0.4 is 0 Å². The van der Waals surface area contributed by atoms with Gasteiger partial charge in [-0.2, -0.15) is 13.2 Å². The van der Waals surface area contributed by atoms with E-state index in [4.69, 9.17) is 0 Å². The number of nitrogens with zero attached hydrogens (tertiary/aromatic N) is 2. The van der Waals surface area contributed by atoms with Gasteiger partial charge < -0.3 is 9.64 Å². The molecule has 0 saturated carbocycles. The Morgan fingerprint density at radius 3 is 2.42 bits per heavy atom. The Hall–Kier alpha value is -2.12. The summed E-state index contributed by atoms with van der Waals surface area (Å²) in [5.41, 5.74) is -1.13. The highest BCUT2D eigenvalue weighted by atomic mass is 19.4. The van der Waals surface area contributed by atoms with Crippen LogP contribution in [0.15, 0.2) is 18.3 Å². The number of hydrogen-bond acceptors (Lipinski definition) is 4. The molecule has 1 aromatic rings. The number of pyridine rings is 1. The fourth-order valence-corrected chi connectivity index (χ4v) is 1.24. The maximum atomic E-state index is 12.3. The molecule has 1 heterocycles. The largest absolute Gasteiger partial charge is 0.468 e. The van der Waals surface area contributed by atoms with Crippen LogP contribution in [0.4, 0.5) is 13.2 Å². The number of carbonyl (C=O) groups excluding carboxylic acids is 2. The van der Waals surface area contributed by atoms with Gasteiger partial charge >= 0.3 is 12.1 Å². The van der Waals surface area contributed by atoms with Crippen molar-refractivity contribution in [2.24, 2.45) is 0 Å². The Bertz CT molecular complexity index is 471. The Morgan fingerprint density at radius 2 is 2.00 bits per heavy atom. The van der Waals surface area contributed by atoms with Crippen LogP contribution in [0.5, 0.6) is 0 Å². The van der Waals surface area contributed by atoms with Crippen molar-refractivity contribution in [3.63, 3.8) is 0 Å². The van der Waals surface area contributed by atoms with E-state index in [9.17, 15) is 22.8 Å². The van der Waals surface area contributed by atoms with Gasteiger partial charge in [0.25, 0.3) is 5.91 Å². The summed E-state index contributed by atoms with van der Waals surface area (Å²) in [6, 6.07) is 1.71. The van der Waals surface area contributed by atoms with Crippen molar-refractivity contribution in [3.05, 3.63) is 29.6 Å². The van der Waals surface area contributed by atoms with E-state index in [-0.39, 0.29) is 12.1 Å². The molecule has 0 saturated heterocycles.